The van der Waals surface area contributed by atoms with Crippen molar-refractivity contribution in [2.75, 3.05) is 13.1 Å². The van der Waals surface area contributed by atoms with E-state index in [9.17, 15) is 9.35 Å². The highest BCUT2D eigenvalue weighted by atomic mass is 32.2. The average Bonchev–Trinajstić information content (AvgIpc) is 2.40. The third-order valence-electron chi connectivity index (χ3n) is 5.56. The predicted octanol–water partition coefficient (Wildman–Crippen LogP) is 3.96. The van der Waals surface area contributed by atoms with Crippen molar-refractivity contribution in [3.63, 3.8) is 0 Å². The molecule has 2 aliphatic rings. The smallest absolute Gasteiger partial charge is 0.407 e. The van der Waals surface area contributed by atoms with Crippen LogP contribution < -0.4 is 0 Å². The largest absolute Gasteiger partial charge is 0.591 e. The second-order valence-corrected chi connectivity index (χ2v) is 11.4. The maximum absolute atomic E-state index is 12.2. The highest BCUT2D eigenvalue weighted by Crippen LogP contribution is 2.62. The molecule has 1 aliphatic heterocycles. The first kappa shape index (κ1) is 19.6. The highest BCUT2D eigenvalue weighted by Gasteiger charge is 2.58. The van der Waals surface area contributed by atoms with Crippen molar-refractivity contribution in [1.82, 2.24) is 4.90 Å². The number of likely N-dealkylation sites (tertiary alicyclic amines) is 1. The van der Waals surface area contributed by atoms with Gasteiger partial charge in [-0.2, -0.15) is 0 Å². The second-order valence-electron chi connectivity index (χ2n) is 9.46. The molecule has 0 aromatic carbocycles. The van der Waals surface area contributed by atoms with E-state index >= 15 is 0 Å². The summed E-state index contributed by atoms with van der Waals surface area (Å²) in [6.07, 6.45) is 4.00. The fourth-order valence-electron chi connectivity index (χ4n) is 4.66. The van der Waals surface area contributed by atoms with Gasteiger partial charge in [0, 0.05) is 19.0 Å². The Bertz CT molecular complexity index is 499. The zero-order valence-electron chi connectivity index (χ0n) is 15.8. The van der Waals surface area contributed by atoms with E-state index in [1.165, 1.54) is 4.90 Å². The lowest BCUT2D eigenvalue weighted by atomic mass is 9.44. The summed E-state index contributed by atoms with van der Waals surface area (Å²) in [7, 11) is 0. The molecule has 5 nitrogen and oxygen atoms in total. The van der Waals surface area contributed by atoms with Crippen LogP contribution in [0.5, 0.6) is 0 Å². The van der Waals surface area contributed by atoms with E-state index in [2.05, 4.69) is 25.2 Å². The van der Waals surface area contributed by atoms with E-state index in [1.807, 2.05) is 27.0 Å². The number of carbonyl (C=O) groups is 1. The third kappa shape index (κ3) is 3.90. The average molecular weight is 357 g/mol. The van der Waals surface area contributed by atoms with Crippen LogP contribution in [0.25, 0.3) is 0 Å². The standard InChI is InChI=1S/C18H32N2O3S/c1-16(2,3)14-13(12-19-24(23)17(4,5)6)11-18(14)7-9-20(10-8-18)15(21)22/h12-14H,7-11H2,1-6H3,(H,21,22). The van der Waals surface area contributed by atoms with Crippen LogP contribution in [0.1, 0.15) is 60.8 Å². The lowest BCUT2D eigenvalue weighted by Crippen LogP contribution is -2.59. The van der Waals surface area contributed by atoms with Gasteiger partial charge in [0.05, 0.1) is 6.21 Å². The van der Waals surface area contributed by atoms with E-state index in [-0.39, 0.29) is 15.6 Å². The fraction of sp³-hybridized carbons (Fsp3) is 0.889. The topological polar surface area (TPSA) is 76.0 Å². The summed E-state index contributed by atoms with van der Waals surface area (Å²) in [4.78, 5) is 12.7. The summed E-state index contributed by atoms with van der Waals surface area (Å²) in [5.74, 6) is 0.800. The Labute approximate surface area is 149 Å². The molecule has 138 valence electrons. The Morgan fingerprint density at radius 1 is 1.25 bits per heavy atom. The first-order chi connectivity index (χ1) is 10.9. The van der Waals surface area contributed by atoms with Crippen LogP contribution in [0.3, 0.4) is 0 Å². The summed E-state index contributed by atoms with van der Waals surface area (Å²) >= 11 is -1.21. The minimum absolute atomic E-state index is 0.129. The number of rotatable bonds is 2. The Kier molecular flexibility index (Phi) is 5.32. The zero-order chi connectivity index (χ0) is 18.3. The Morgan fingerprint density at radius 2 is 1.79 bits per heavy atom. The Morgan fingerprint density at radius 3 is 2.21 bits per heavy atom. The molecule has 3 unspecified atom stereocenters. The molecule has 3 atom stereocenters. The normalized spacial score (nSPS) is 28.9. The highest BCUT2D eigenvalue weighted by molar-refractivity contribution is 7.91. The van der Waals surface area contributed by atoms with Crippen molar-refractivity contribution >= 4 is 23.7 Å². The van der Waals surface area contributed by atoms with Crippen molar-refractivity contribution in [3.05, 3.63) is 0 Å². The molecule has 0 aromatic heterocycles. The lowest BCUT2D eigenvalue weighted by molar-refractivity contribution is -0.109. The summed E-state index contributed by atoms with van der Waals surface area (Å²) in [5.41, 5.74) is 0.341. The molecule has 24 heavy (non-hydrogen) atoms. The lowest BCUT2D eigenvalue weighted by Gasteiger charge is -2.62. The summed E-state index contributed by atoms with van der Waals surface area (Å²) in [5, 5.41) is 9.17. The molecule has 1 spiro atoms. The molecule has 0 bridgehead atoms. The number of nitrogens with zero attached hydrogens (tertiary/aromatic N) is 2. The monoisotopic (exact) mass is 356 g/mol. The molecular formula is C18H32N2O3S. The van der Waals surface area contributed by atoms with Crippen molar-refractivity contribution < 1.29 is 14.5 Å². The summed E-state index contributed by atoms with van der Waals surface area (Å²) < 4.78 is 16.2. The molecule has 2 rings (SSSR count). The van der Waals surface area contributed by atoms with Crippen molar-refractivity contribution in [2.24, 2.45) is 27.1 Å². The van der Waals surface area contributed by atoms with Gasteiger partial charge in [0.1, 0.15) is 16.1 Å². The fourth-order valence-corrected chi connectivity index (χ4v) is 5.24. The zero-order valence-corrected chi connectivity index (χ0v) is 16.7. The maximum Gasteiger partial charge on any atom is 0.407 e. The molecule has 1 saturated carbocycles. The van der Waals surface area contributed by atoms with Crippen LogP contribution in [0.4, 0.5) is 4.79 Å². The van der Waals surface area contributed by atoms with Crippen LogP contribution >= 0.6 is 0 Å². The van der Waals surface area contributed by atoms with Gasteiger partial charge < -0.3 is 14.6 Å². The molecule has 0 radical (unpaired) electrons. The van der Waals surface area contributed by atoms with E-state index < -0.39 is 17.5 Å². The van der Waals surface area contributed by atoms with Crippen LogP contribution in [0.15, 0.2) is 4.40 Å². The van der Waals surface area contributed by atoms with Gasteiger partial charge in [0.2, 0.25) is 0 Å². The summed E-state index contributed by atoms with van der Waals surface area (Å²) in [6, 6.07) is 0. The van der Waals surface area contributed by atoms with E-state index in [0.717, 1.165) is 19.3 Å². The van der Waals surface area contributed by atoms with Gasteiger partial charge in [-0.3, -0.25) is 0 Å². The number of hydrogen-bond donors (Lipinski definition) is 1. The second kappa shape index (κ2) is 6.52. The van der Waals surface area contributed by atoms with Gasteiger partial charge in [-0.25, -0.2) is 4.79 Å². The molecule has 1 aliphatic carbocycles. The van der Waals surface area contributed by atoms with Crippen LogP contribution in [0, 0.1) is 22.7 Å². The Hall–Kier alpha value is -0.750. The van der Waals surface area contributed by atoms with Crippen LogP contribution in [0.2, 0.25) is 0 Å². The van der Waals surface area contributed by atoms with Crippen molar-refractivity contribution in [1.29, 1.82) is 0 Å². The molecule has 1 heterocycles. The molecule has 0 aromatic rings. The number of carboxylic acid groups (broad SMARTS) is 1. The minimum atomic E-state index is -1.21. The molecular weight excluding hydrogens is 324 g/mol. The number of hydrogen-bond acceptors (Lipinski definition) is 3. The van der Waals surface area contributed by atoms with Gasteiger partial charge in [-0.1, -0.05) is 25.2 Å². The van der Waals surface area contributed by atoms with Gasteiger partial charge in [0.25, 0.3) is 0 Å². The molecule has 6 heteroatoms. The van der Waals surface area contributed by atoms with Crippen LogP contribution in [-0.4, -0.2) is 44.7 Å². The Balaban J connectivity index is 2.10. The predicted molar refractivity (Wildman–Crippen MR) is 98.7 cm³/mol. The molecule has 1 N–H and O–H groups in total. The van der Waals surface area contributed by atoms with Gasteiger partial charge >= 0.3 is 6.09 Å². The van der Waals surface area contributed by atoms with Crippen LogP contribution in [-0.2, 0) is 11.4 Å². The van der Waals surface area contributed by atoms with E-state index in [1.54, 1.807) is 0 Å². The number of piperidine rings is 1. The first-order valence-corrected chi connectivity index (χ1v) is 9.92. The van der Waals surface area contributed by atoms with Crippen molar-refractivity contribution in [2.45, 2.75) is 65.6 Å². The number of amides is 1. The quantitative estimate of drug-likeness (QED) is 0.601. The molecule has 1 saturated heterocycles. The van der Waals surface area contributed by atoms with Gasteiger partial charge in [-0.05, 0) is 56.8 Å². The van der Waals surface area contributed by atoms with E-state index in [4.69, 9.17) is 5.11 Å². The first-order valence-electron chi connectivity index (χ1n) is 8.81. The third-order valence-corrected chi connectivity index (χ3v) is 6.93. The van der Waals surface area contributed by atoms with Gasteiger partial charge in [-0.15, -0.1) is 0 Å². The van der Waals surface area contributed by atoms with Crippen molar-refractivity contribution in [3.8, 4) is 0 Å². The van der Waals surface area contributed by atoms with Gasteiger partial charge in [0.15, 0.2) is 0 Å². The summed E-state index contributed by atoms with van der Waals surface area (Å²) in [6.45, 7) is 13.8. The SMILES string of the molecule is CC(C)(C)C1C(C=N[S+]([O-])C(C)(C)C)CC12CCN(C(=O)O)CC2. The van der Waals surface area contributed by atoms with E-state index in [0.29, 0.717) is 24.9 Å². The molecule has 1 amide bonds. The minimum Gasteiger partial charge on any atom is -0.591 e. The maximum atomic E-state index is 12.2. The molecule has 2 fully saturated rings.